The third-order valence-electron chi connectivity index (χ3n) is 2.02. The Morgan fingerprint density at radius 1 is 1.41 bits per heavy atom. The highest BCUT2D eigenvalue weighted by Crippen LogP contribution is 2.08. The quantitative estimate of drug-likeness (QED) is 0.243. The first-order chi connectivity index (χ1) is 8.35. The molecule has 1 saturated heterocycles. The molecule has 1 unspecified atom stereocenters. The summed E-state index contributed by atoms with van der Waals surface area (Å²) >= 11 is 0. The first-order valence-electron chi connectivity index (χ1n) is 6.10. The minimum absolute atomic E-state index is 0.284. The zero-order valence-corrected chi connectivity index (χ0v) is 18.1. The van der Waals surface area contributed by atoms with Gasteiger partial charge in [-0.15, -0.1) is 0 Å². The second-order valence-corrected chi connectivity index (χ2v) is 9.50. The fourth-order valence-electron chi connectivity index (χ4n) is 0.930. The van der Waals surface area contributed by atoms with E-state index in [0.29, 0.717) is 6.10 Å². The van der Waals surface area contributed by atoms with Crippen molar-refractivity contribution in [3.05, 3.63) is 0 Å². The average molecular weight is 315 g/mol. The van der Waals surface area contributed by atoms with Gasteiger partial charge in [-0.1, -0.05) is 0 Å². The molecule has 0 saturated carbocycles. The van der Waals surface area contributed by atoms with Gasteiger partial charge in [0.1, 0.15) is 36.8 Å². The smallest absolute Gasteiger partial charge is 0.282 e. The van der Waals surface area contributed by atoms with Gasteiger partial charge in [-0.25, -0.2) is 0 Å². The molecule has 5 nitrogen and oxygen atoms in total. The largest absolute Gasteiger partial charge is 0.449 e. The summed E-state index contributed by atoms with van der Waals surface area (Å²) in [6.45, 7) is 5.40. The second kappa shape index (κ2) is 14.7. The first-order valence-corrected chi connectivity index (χ1v) is 10.5. The van der Waals surface area contributed by atoms with Crippen molar-refractivity contribution in [3.63, 3.8) is 0 Å². The molecule has 1 atom stereocenters. The molecule has 1 aliphatic rings. The van der Waals surface area contributed by atoms with E-state index in [1.54, 1.807) is 0 Å². The Kier molecular flexibility index (Phi) is 15.3. The van der Waals surface area contributed by atoms with E-state index >= 15 is 0 Å². The van der Waals surface area contributed by atoms with Crippen LogP contribution in [0.3, 0.4) is 0 Å². The van der Waals surface area contributed by atoms with Crippen LogP contribution in [-0.2, 0) is 22.1 Å². The molecule has 0 aliphatic carbocycles. The molecule has 0 aromatic carbocycles. The molecule has 0 N–H and O–H groups in total. The second-order valence-electron chi connectivity index (χ2n) is 3.63. The Labute approximate surface area is 115 Å². The Balaban J connectivity index is 0.000000557. The lowest BCUT2D eigenvalue weighted by molar-refractivity contribution is 0.117. The third kappa shape index (κ3) is 16.7. The Hall–Kier alpha value is 0.668. The van der Waals surface area contributed by atoms with Crippen LogP contribution >= 0.6 is 0 Å². The highest BCUT2D eigenvalue weighted by molar-refractivity contribution is 6.41. The van der Waals surface area contributed by atoms with E-state index in [1.165, 1.54) is 6.04 Å². The van der Waals surface area contributed by atoms with Gasteiger partial charge >= 0.3 is 0 Å². The van der Waals surface area contributed by atoms with Gasteiger partial charge in [0.15, 0.2) is 0 Å². The SMILES string of the molecule is CCO[SiH3].[SiH3]O[SiH2]O[SiH2]CCCOCC1CO1. The molecule has 0 aromatic heterocycles. The standard InChI is InChI=1S/C6H18O4Si3.C2H8OSi/c11-9-13-10-12-3-1-2-7-4-6-5-8-6;1-2-3-4/h6H,1-5,12-13H2,11H3;2H2,1,4H3. The van der Waals surface area contributed by atoms with Crippen LogP contribution in [0, 0.1) is 0 Å². The maximum atomic E-state index is 5.43. The van der Waals surface area contributed by atoms with Crippen LogP contribution in [0.4, 0.5) is 0 Å². The molecule has 1 fully saturated rings. The summed E-state index contributed by atoms with van der Waals surface area (Å²) in [6, 6.07) is 1.21. The van der Waals surface area contributed by atoms with Gasteiger partial charge in [-0.3, -0.25) is 0 Å². The highest BCUT2D eigenvalue weighted by atomic mass is 28.3. The Bertz CT molecular complexity index is 148. The molecular weight excluding hydrogens is 288 g/mol. The van der Waals surface area contributed by atoms with Crippen LogP contribution in [0.1, 0.15) is 13.3 Å². The van der Waals surface area contributed by atoms with Crippen molar-refractivity contribution in [1.29, 1.82) is 0 Å². The lowest BCUT2D eigenvalue weighted by Gasteiger charge is -2.02. The monoisotopic (exact) mass is 314 g/mol. The fraction of sp³-hybridized carbons (Fsp3) is 1.00. The molecule has 0 spiro atoms. The summed E-state index contributed by atoms with van der Waals surface area (Å²) in [4.78, 5) is 0. The van der Waals surface area contributed by atoms with Gasteiger partial charge in [0.2, 0.25) is 0 Å². The zero-order chi connectivity index (χ0) is 12.8. The number of rotatable bonds is 10. The van der Waals surface area contributed by atoms with E-state index in [-0.39, 0.29) is 9.76 Å². The van der Waals surface area contributed by atoms with Crippen LogP contribution < -0.4 is 0 Å². The Morgan fingerprint density at radius 3 is 2.65 bits per heavy atom. The van der Waals surface area contributed by atoms with Crippen LogP contribution in [0.5, 0.6) is 0 Å². The molecule has 0 bridgehead atoms. The molecule has 1 rings (SSSR count). The minimum Gasteiger partial charge on any atom is -0.449 e. The minimum atomic E-state index is -0.558. The number of epoxide rings is 1. The predicted molar refractivity (Wildman–Crippen MR) is 80.7 cm³/mol. The molecule has 17 heavy (non-hydrogen) atoms. The van der Waals surface area contributed by atoms with Gasteiger partial charge in [0.25, 0.3) is 10.0 Å². The van der Waals surface area contributed by atoms with Crippen molar-refractivity contribution in [1.82, 2.24) is 0 Å². The van der Waals surface area contributed by atoms with Crippen molar-refractivity contribution in [2.75, 3.05) is 26.4 Å². The number of hydrogen-bond acceptors (Lipinski definition) is 5. The van der Waals surface area contributed by atoms with Crippen molar-refractivity contribution < 1.29 is 22.1 Å². The van der Waals surface area contributed by atoms with Crippen LogP contribution in [0.25, 0.3) is 0 Å². The maximum absolute atomic E-state index is 5.43. The molecule has 104 valence electrons. The molecular formula is C8H26O5Si4. The van der Waals surface area contributed by atoms with Gasteiger partial charge in [-0.05, 0) is 19.4 Å². The molecule has 0 radical (unpaired) electrons. The van der Waals surface area contributed by atoms with E-state index < -0.39 is 10.0 Å². The molecule has 1 aliphatic heterocycles. The summed E-state index contributed by atoms with van der Waals surface area (Å²) in [6.07, 6.45) is 1.54. The van der Waals surface area contributed by atoms with E-state index in [2.05, 4.69) is 4.43 Å². The van der Waals surface area contributed by atoms with Gasteiger partial charge < -0.3 is 22.1 Å². The zero-order valence-electron chi connectivity index (χ0n) is 11.3. The van der Waals surface area contributed by atoms with E-state index in [9.17, 15) is 0 Å². The summed E-state index contributed by atoms with van der Waals surface area (Å²) in [7, 11) is 0.882. The van der Waals surface area contributed by atoms with Crippen molar-refractivity contribution in [2.24, 2.45) is 0 Å². The summed E-state index contributed by atoms with van der Waals surface area (Å²) in [5.41, 5.74) is 0. The highest BCUT2D eigenvalue weighted by Gasteiger charge is 2.21. The molecule has 0 aromatic rings. The van der Waals surface area contributed by atoms with E-state index in [1.807, 2.05) is 6.92 Å². The molecule has 9 heteroatoms. The summed E-state index contributed by atoms with van der Waals surface area (Å²) < 4.78 is 25.6. The van der Waals surface area contributed by atoms with E-state index in [4.69, 9.17) is 17.7 Å². The van der Waals surface area contributed by atoms with Gasteiger partial charge in [0.05, 0.1) is 13.2 Å². The molecule has 1 heterocycles. The summed E-state index contributed by atoms with van der Waals surface area (Å²) in [5.74, 6) is 0. The maximum Gasteiger partial charge on any atom is 0.282 e. The number of ether oxygens (including phenoxy) is 2. The van der Waals surface area contributed by atoms with Crippen molar-refractivity contribution in [3.8, 4) is 0 Å². The topological polar surface area (TPSA) is 49.5 Å². The van der Waals surface area contributed by atoms with Crippen LogP contribution in [-0.4, -0.2) is 73.3 Å². The summed E-state index contributed by atoms with van der Waals surface area (Å²) in [5, 5.41) is 0. The Morgan fingerprint density at radius 2 is 2.12 bits per heavy atom. The lowest BCUT2D eigenvalue weighted by Crippen LogP contribution is -2.08. The first kappa shape index (κ1) is 17.7. The normalized spacial score (nSPS) is 19.2. The van der Waals surface area contributed by atoms with Crippen molar-refractivity contribution in [2.45, 2.75) is 25.5 Å². The van der Waals surface area contributed by atoms with Crippen LogP contribution in [0.15, 0.2) is 0 Å². The van der Waals surface area contributed by atoms with Gasteiger partial charge in [-0.2, -0.15) is 0 Å². The fourth-order valence-corrected chi connectivity index (χ4v) is 4.79. The van der Waals surface area contributed by atoms with Crippen LogP contribution in [0.2, 0.25) is 6.04 Å². The van der Waals surface area contributed by atoms with Gasteiger partial charge in [0, 0.05) is 13.2 Å². The van der Waals surface area contributed by atoms with E-state index in [0.717, 1.165) is 53.8 Å². The van der Waals surface area contributed by atoms with Crippen molar-refractivity contribution >= 4 is 40.7 Å². The average Bonchev–Trinajstić information content (AvgIpc) is 3.17. The lowest BCUT2D eigenvalue weighted by atomic mass is 10.5. The molecule has 0 amide bonds. The number of hydrogen-bond donors (Lipinski definition) is 0. The predicted octanol–water partition coefficient (Wildman–Crippen LogP) is -3.09. The third-order valence-corrected chi connectivity index (χ3v) is 6.15.